The van der Waals surface area contributed by atoms with Crippen LogP contribution in [0.1, 0.15) is 0 Å². The van der Waals surface area contributed by atoms with E-state index >= 15 is 0 Å². The lowest BCUT2D eigenvalue weighted by atomic mass is 10.2. The van der Waals surface area contributed by atoms with Gasteiger partial charge < -0.3 is 29.3 Å². The third kappa shape index (κ3) is 3.60. The first kappa shape index (κ1) is 18.1. The van der Waals surface area contributed by atoms with Crippen LogP contribution in [0.2, 0.25) is 0 Å². The number of urea groups is 1. The summed E-state index contributed by atoms with van der Waals surface area (Å²) in [6, 6.07) is 11.6. The number of piperazine rings is 1. The largest absolute Gasteiger partial charge is 0.586 e. The van der Waals surface area contributed by atoms with Crippen LogP contribution in [0, 0.1) is 0 Å². The number of anilines is 2. The average molecular weight is 391 g/mol. The minimum atomic E-state index is -3.68. The molecule has 0 aliphatic carbocycles. The van der Waals surface area contributed by atoms with E-state index in [-0.39, 0.29) is 17.5 Å². The van der Waals surface area contributed by atoms with E-state index < -0.39 is 6.29 Å². The molecule has 0 bridgehead atoms. The molecule has 2 aliphatic heterocycles. The molecular weight excluding hydrogens is 372 g/mol. The van der Waals surface area contributed by atoms with Crippen LogP contribution in [-0.2, 0) is 0 Å². The molecule has 2 amide bonds. The van der Waals surface area contributed by atoms with Gasteiger partial charge in [-0.15, -0.1) is 8.78 Å². The van der Waals surface area contributed by atoms with Gasteiger partial charge in [0.15, 0.2) is 11.5 Å². The number of fused-ring (bicyclic) bond motifs is 1. The fourth-order valence-electron chi connectivity index (χ4n) is 3.27. The van der Waals surface area contributed by atoms with Crippen LogP contribution < -0.4 is 24.4 Å². The van der Waals surface area contributed by atoms with Crippen LogP contribution in [-0.4, -0.2) is 50.5 Å². The number of amides is 2. The molecule has 2 aliphatic rings. The number of ether oxygens (including phenoxy) is 3. The van der Waals surface area contributed by atoms with Gasteiger partial charge in [-0.3, -0.25) is 0 Å². The maximum Gasteiger partial charge on any atom is 0.586 e. The van der Waals surface area contributed by atoms with Crippen molar-refractivity contribution in [2.24, 2.45) is 0 Å². The Morgan fingerprint density at radius 3 is 2.54 bits per heavy atom. The molecule has 0 aromatic heterocycles. The zero-order chi connectivity index (χ0) is 19.7. The van der Waals surface area contributed by atoms with Gasteiger partial charge in [0, 0.05) is 37.9 Å². The zero-order valence-corrected chi connectivity index (χ0v) is 15.2. The van der Waals surface area contributed by atoms with E-state index in [2.05, 4.69) is 19.7 Å². The van der Waals surface area contributed by atoms with E-state index in [1.807, 2.05) is 24.3 Å². The van der Waals surface area contributed by atoms with E-state index in [1.54, 1.807) is 12.0 Å². The number of carbonyl (C=O) groups excluding carboxylic acids is 1. The molecule has 2 heterocycles. The quantitative estimate of drug-likeness (QED) is 0.869. The number of hydrogen-bond acceptors (Lipinski definition) is 5. The summed E-state index contributed by atoms with van der Waals surface area (Å²) in [5.41, 5.74) is 1.35. The summed E-state index contributed by atoms with van der Waals surface area (Å²) in [6.07, 6.45) is -3.68. The molecule has 0 atom stereocenters. The highest BCUT2D eigenvalue weighted by Gasteiger charge is 2.43. The molecule has 1 saturated heterocycles. The van der Waals surface area contributed by atoms with Crippen molar-refractivity contribution in [1.29, 1.82) is 0 Å². The van der Waals surface area contributed by atoms with E-state index in [9.17, 15) is 13.6 Å². The van der Waals surface area contributed by atoms with Gasteiger partial charge in [0.25, 0.3) is 0 Å². The molecule has 148 valence electrons. The van der Waals surface area contributed by atoms with Crippen molar-refractivity contribution < 1.29 is 27.8 Å². The number of para-hydroxylation sites is 2. The molecule has 0 spiro atoms. The standard InChI is InChI=1S/C19H19F2N3O4/c1-26-15-5-3-2-4-14(15)23-8-10-24(11-9-23)18(25)22-13-6-7-16-17(12-13)28-19(20,21)27-16/h2-7,12H,8-11H2,1H3,(H,22,25). The number of nitrogens with zero attached hydrogens (tertiary/aromatic N) is 2. The number of alkyl halides is 2. The van der Waals surface area contributed by atoms with Gasteiger partial charge in [0.2, 0.25) is 0 Å². The van der Waals surface area contributed by atoms with Gasteiger partial charge in [0.05, 0.1) is 12.8 Å². The van der Waals surface area contributed by atoms with Crippen molar-refractivity contribution >= 4 is 17.4 Å². The maximum atomic E-state index is 13.1. The number of benzene rings is 2. The van der Waals surface area contributed by atoms with Gasteiger partial charge in [-0.05, 0) is 24.3 Å². The van der Waals surface area contributed by atoms with Crippen LogP contribution in [0.3, 0.4) is 0 Å². The molecule has 4 rings (SSSR count). The van der Waals surface area contributed by atoms with Crippen LogP contribution in [0.5, 0.6) is 17.2 Å². The Bertz CT molecular complexity index is 885. The van der Waals surface area contributed by atoms with Gasteiger partial charge in [-0.25, -0.2) is 4.79 Å². The predicted octanol–water partition coefficient (Wildman–Crippen LogP) is 3.37. The van der Waals surface area contributed by atoms with Crippen molar-refractivity contribution in [3.8, 4) is 17.2 Å². The molecule has 2 aromatic rings. The molecule has 9 heteroatoms. The SMILES string of the molecule is COc1ccccc1N1CCN(C(=O)Nc2ccc3c(c2)OC(F)(F)O3)CC1. The first-order valence-corrected chi connectivity index (χ1v) is 8.79. The molecule has 7 nitrogen and oxygen atoms in total. The van der Waals surface area contributed by atoms with Gasteiger partial charge in [0.1, 0.15) is 5.75 Å². The molecule has 1 fully saturated rings. The van der Waals surface area contributed by atoms with Crippen molar-refractivity contribution in [2.75, 3.05) is 43.5 Å². The third-order valence-electron chi connectivity index (χ3n) is 4.65. The fraction of sp³-hybridized carbons (Fsp3) is 0.316. The molecule has 2 aromatic carbocycles. The van der Waals surface area contributed by atoms with Gasteiger partial charge in [-0.2, -0.15) is 0 Å². The third-order valence-corrected chi connectivity index (χ3v) is 4.65. The van der Waals surface area contributed by atoms with Crippen LogP contribution in [0.15, 0.2) is 42.5 Å². The van der Waals surface area contributed by atoms with Crippen molar-refractivity contribution in [3.05, 3.63) is 42.5 Å². The Labute approximate surface area is 160 Å². The number of halogens is 2. The highest BCUT2D eigenvalue weighted by Crippen LogP contribution is 2.42. The molecule has 0 radical (unpaired) electrons. The van der Waals surface area contributed by atoms with Crippen molar-refractivity contribution in [1.82, 2.24) is 4.90 Å². The summed E-state index contributed by atoms with van der Waals surface area (Å²) >= 11 is 0. The smallest absolute Gasteiger partial charge is 0.495 e. The van der Waals surface area contributed by atoms with Crippen LogP contribution in [0.25, 0.3) is 0 Å². The van der Waals surface area contributed by atoms with E-state index in [1.165, 1.54) is 18.2 Å². The minimum absolute atomic E-state index is 0.0616. The van der Waals surface area contributed by atoms with Gasteiger partial charge in [-0.1, -0.05) is 12.1 Å². The summed E-state index contributed by atoms with van der Waals surface area (Å²) in [5, 5.41) is 2.71. The monoisotopic (exact) mass is 391 g/mol. The Morgan fingerprint density at radius 1 is 1.07 bits per heavy atom. The van der Waals surface area contributed by atoms with E-state index in [4.69, 9.17) is 4.74 Å². The summed E-state index contributed by atoms with van der Waals surface area (Å²) in [7, 11) is 1.63. The number of methoxy groups -OCH3 is 1. The molecule has 0 saturated carbocycles. The van der Waals surface area contributed by atoms with Crippen molar-refractivity contribution in [2.45, 2.75) is 6.29 Å². The number of rotatable bonds is 3. The summed E-state index contributed by atoms with van der Waals surface area (Å²) < 4.78 is 40.3. The predicted molar refractivity (Wildman–Crippen MR) is 98.4 cm³/mol. The highest BCUT2D eigenvalue weighted by atomic mass is 19.3. The molecule has 1 N–H and O–H groups in total. The molecule has 0 unspecified atom stereocenters. The Balaban J connectivity index is 1.36. The second-order valence-electron chi connectivity index (χ2n) is 6.41. The van der Waals surface area contributed by atoms with E-state index in [0.29, 0.717) is 31.9 Å². The molecule has 28 heavy (non-hydrogen) atoms. The van der Waals surface area contributed by atoms with Crippen molar-refractivity contribution in [3.63, 3.8) is 0 Å². The fourth-order valence-corrected chi connectivity index (χ4v) is 3.27. The number of hydrogen-bond donors (Lipinski definition) is 1. The Kier molecular flexibility index (Phi) is 4.58. The maximum absolute atomic E-state index is 13.1. The lowest BCUT2D eigenvalue weighted by molar-refractivity contribution is -0.286. The lowest BCUT2D eigenvalue weighted by Crippen LogP contribution is -2.50. The Hall–Kier alpha value is -3.23. The summed E-state index contributed by atoms with van der Waals surface area (Å²) in [6.45, 7) is 2.35. The van der Waals surface area contributed by atoms with Crippen LogP contribution >= 0.6 is 0 Å². The first-order valence-electron chi connectivity index (χ1n) is 8.79. The number of carbonyl (C=O) groups is 1. The minimum Gasteiger partial charge on any atom is -0.495 e. The molecular formula is C19H19F2N3O4. The lowest BCUT2D eigenvalue weighted by Gasteiger charge is -2.36. The highest BCUT2D eigenvalue weighted by molar-refractivity contribution is 5.90. The summed E-state index contributed by atoms with van der Waals surface area (Å²) in [5.74, 6) is 0.620. The Morgan fingerprint density at radius 2 is 1.79 bits per heavy atom. The average Bonchev–Trinajstić information content (AvgIpc) is 3.01. The first-order chi connectivity index (χ1) is 13.4. The topological polar surface area (TPSA) is 63.3 Å². The van der Waals surface area contributed by atoms with Crippen LogP contribution in [0.4, 0.5) is 25.0 Å². The zero-order valence-electron chi connectivity index (χ0n) is 15.2. The second-order valence-corrected chi connectivity index (χ2v) is 6.41. The normalized spacial score (nSPS) is 17.4. The number of nitrogens with one attached hydrogen (secondary N) is 1. The second kappa shape index (κ2) is 7.06. The van der Waals surface area contributed by atoms with E-state index in [0.717, 1.165) is 11.4 Å². The summed E-state index contributed by atoms with van der Waals surface area (Å²) in [4.78, 5) is 16.3. The van der Waals surface area contributed by atoms with Gasteiger partial charge >= 0.3 is 12.3 Å².